The largest absolute Gasteiger partial charge is 0.337 e. The summed E-state index contributed by atoms with van der Waals surface area (Å²) in [4.78, 5) is 25.1. The molecule has 1 fully saturated rings. The molecular weight excluding hydrogens is 216 g/mol. The zero-order valence-corrected chi connectivity index (χ0v) is 10.1. The van der Waals surface area contributed by atoms with Crippen molar-refractivity contribution in [1.29, 1.82) is 0 Å². The highest BCUT2D eigenvalue weighted by molar-refractivity contribution is 5.99. The maximum absolute atomic E-state index is 12.1. The number of hydrogen-bond donors (Lipinski definition) is 1. The third kappa shape index (κ3) is 2.30. The number of nitrogens with zero attached hydrogens (tertiary/aromatic N) is 1. The van der Waals surface area contributed by atoms with Crippen LogP contribution in [-0.4, -0.2) is 23.4 Å². The number of amides is 3. The molecule has 3 amide bonds. The summed E-state index contributed by atoms with van der Waals surface area (Å²) in [5.74, 6) is -0.120. The van der Waals surface area contributed by atoms with Crippen molar-refractivity contribution in [2.45, 2.75) is 20.4 Å². The van der Waals surface area contributed by atoms with Gasteiger partial charge in [0.25, 0.3) is 0 Å². The highest BCUT2D eigenvalue weighted by atomic mass is 16.2. The molecule has 1 saturated heterocycles. The van der Waals surface area contributed by atoms with E-state index in [-0.39, 0.29) is 11.9 Å². The smallest absolute Gasteiger partial charge is 0.324 e. The number of carbonyl (C=O) groups is 2. The molecule has 4 nitrogen and oxygen atoms in total. The van der Waals surface area contributed by atoms with Gasteiger partial charge in [0, 0.05) is 6.54 Å². The van der Waals surface area contributed by atoms with Crippen molar-refractivity contribution in [3.05, 3.63) is 35.9 Å². The summed E-state index contributed by atoms with van der Waals surface area (Å²) in [7, 11) is 0. The Morgan fingerprint density at radius 3 is 2.53 bits per heavy atom. The first-order valence-electron chi connectivity index (χ1n) is 5.64. The summed E-state index contributed by atoms with van der Waals surface area (Å²) in [5, 5.41) is 2.74. The van der Waals surface area contributed by atoms with Gasteiger partial charge in [-0.15, -0.1) is 0 Å². The summed E-state index contributed by atoms with van der Waals surface area (Å²) in [6.45, 7) is 4.41. The Bertz CT molecular complexity index is 440. The molecule has 0 bridgehead atoms. The lowest BCUT2D eigenvalue weighted by molar-refractivity contribution is -0.139. The minimum atomic E-state index is -0.525. The SMILES string of the molecule is CC1(C)CNC(=O)N(Cc2ccccc2)C1=O. The molecule has 90 valence electrons. The fourth-order valence-electron chi connectivity index (χ4n) is 1.83. The fourth-order valence-corrected chi connectivity index (χ4v) is 1.83. The normalized spacial score (nSPS) is 19.1. The van der Waals surface area contributed by atoms with Crippen molar-refractivity contribution < 1.29 is 9.59 Å². The summed E-state index contributed by atoms with van der Waals surface area (Å²) >= 11 is 0. The summed E-state index contributed by atoms with van der Waals surface area (Å²) in [5.41, 5.74) is 0.427. The number of imide groups is 1. The van der Waals surface area contributed by atoms with E-state index >= 15 is 0 Å². The molecule has 0 spiro atoms. The predicted octanol–water partition coefficient (Wildman–Crippen LogP) is 1.76. The van der Waals surface area contributed by atoms with E-state index in [1.165, 1.54) is 4.90 Å². The number of benzene rings is 1. The molecule has 0 aromatic heterocycles. The lowest BCUT2D eigenvalue weighted by Gasteiger charge is -2.36. The Balaban J connectivity index is 2.19. The second kappa shape index (κ2) is 4.20. The van der Waals surface area contributed by atoms with Crippen molar-refractivity contribution in [3.8, 4) is 0 Å². The van der Waals surface area contributed by atoms with Crippen molar-refractivity contribution in [2.75, 3.05) is 6.54 Å². The molecule has 0 radical (unpaired) electrons. The van der Waals surface area contributed by atoms with E-state index in [2.05, 4.69) is 5.32 Å². The quantitative estimate of drug-likeness (QED) is 0.844. The molecule has 1 aromatic carbocycles. The zero-order valence-electron chi connectivity index (χ0n) is 10.1. The van der Waals surface area contributed by atoms with E-state index < -0.39 is 5.41 Å². The molecular formula is C13H16N2O2. The molecule has 0 saturated carbocycles. The second-order valence-corrected chi connectivity index (χ2v) is 4.92. The molecule has 1 heterocycles. The molecule has 1 aliphatic heterocycles. The van der Waals surface area contributed by atoms with Gasteiger partial charge in [0.1, 0.15) is 0 Å². The van der Waals surface area contributed by atoms with Crippen LogP contribution in [0.2, 0.25) is 0 Å². The van der Waals surface area contributed by atoms with Gasteiger partial charge in [0.15, 0.2) is 0 Å². The van der Waals surface area contributed by atoms with Gasteiger partial charge in [-0.1, -0.05) is 30.3 Å². The van der Waals surface area contributed by atoms with Crippen molar-refractivity contribution in [1.82, 2.24) is 10.2 Å². The third-order valence-electron chi connectivity index (χ3n) is 2.93. The number of rotatable bonds is 2. The van der Waals surface area contributed by atoms with Crippen LogP contribution in [0, 0.1) is 5.41 Å². The van der Waals surface area contributed by atoms with Crippen LogP contribution in [0.4, 0.5) is 4.79 Å². The van der Waals surface area contributed by atoms with Gasteiger partial charge in [0.2, 0.25) is 5.91 Å². The van der Waals surface area contributed by atoms with Crippen LogP contribution in [0.25, 0.3) is 0 Å². The van der Waals surface area contributed by atoms with E-state index in [1.54, 1.807) is 0 Å². The Morgan fingerprint density at radius 2 is 1.88 bits per heavy atom. The van der Waals surface area contributed by atoms with Crippen molar-refractivity contribution >= 4 is 11.9 Å². The standard InChI is InChI=1S/C13H16N2O2/c1-13(2)9-14-12(17)15(11(13)16)8-10-6-4-3-5-7-10/h3-7H,8-9H2,1-2H3,(H,14,17). The van der Waals surface area contributed by atoms with Crippen LogP contribution in [0.1, 0.15) is 19.4 Å². The van der Waals surface area contributed by atoms with E-state index in [4.69, 9.17) is 0 Å². The Hall–Kier alpha value is -1.84. The summed E-state index contributed by atoms with van der Waals surface area (Å²) in [6, 6.07) is 9.20. The molecule has 17 heavy (non-hydrogen) atoms. The highest BCUT2D eigenvalue weighted by Gasteiger charge is 2.39. The molecule has 0 unspecified atom stereocenters. The highest BCUT2D eigenvalue weighted by Crippen LogP contribution is 2.23. The van der Waals surface area contributed by atoms with Gasteiger partial charge in [-0.2, -0.15) is 0 Å². The van der Waals surface area contributed by atoms with Crippen LogP contribution < -0.4 is 5.32 Å². The molecule has 1 aliphatic rings. The topological polar surface area (TPSA) is 49.4 Å². The Labute approximate surface area is 101 Å². The first kappa shape index (κ1) is 11.6. The lowest BCUT2D eigenvalue weighted by Crippen LogP contribution is -2.58. The van der Waals surface area contributed by atoms with Gasteiger partial charge in [-0.05, 0) is 19.4 Å². The minimum absolute atomic E-state index is 0.120. The number of nitrogens with one attached hydrogen (secondary N) is 1. The Morgan fingerprint density at radius 1 is 1.24 bits per heavy atom. The van der Waals surface area contributed by atoms with Gasteiger partial charge >= 0.3 is 6.03 Å². The van der Waals surface area contributed by atoms with Crippen LogP contribution in [-0.2, 0) is 11.3 Å². The van der Waals surface area contributed by atoms with E-state index in [0.29, 0.717) is 13.1 Å². The minimum Gasteiger partial charge on any atom is -0.337 e. The molecule has 2 rings (SSSR count). The predicted molar refractivity (Wildman–Crippen MR) is 64.2 cm³/mol. The maximum atomic E-state index is 12.1. The molecule has 0 aliphatic carbocycles. The first-order chi connectivity index (χ1) is 8.00. The van der Waals surface area contributed by atoms with E-state index in [9.17, 15) is 9.59 Å². The zero-order chi connectivity index (χ0) is 12.5. The maximum Gasteiger partial charge on any atom is 0.324 e. The van der Waals surface area contributed by atoms with Gasteiger partial charge in [-0.25, -0.2) is 4.79 Å². The monoisotopic (exact) mass is 232 g/mol. The summed E-state index contributed by atoms with van der Waals surface area (Å²) < 4.78 is 0. The lowest BCUT2D eigenvalue weighted by atomic mass is 9.90. The fraction of sp³-hybridized carbons (Fsp3) is 0.385. The molecule has 4 heteroatoms. The van der Waals surface area contributed by atoms with Crippen molar-refractivity contribution in [2.24, 2.45) is 5.41 Å². The van der Waals surface area contributed by atoms with Gasteiger partial charge in [0.05, 0.1) is 12.0 Å². The molecule has 1 N–H and O–H groups in total. The first-order valence-corrected chi connectivity index (χ1v) is 5.64. The van der Waals surface area contributed by atoms with Gasteiger partial charge in [-0.3, -0.25) is 9.69 Å². The van der Waals surface area contributed by atoms with Gasteiger partial charge < -0.3 is 5.32 Å². The number of carbonyl (C=O) groups excluding carboxylic acids is 2. The van der Waals surface area contributed by atoms with Crippen LogP contribution in [0.3, 0.4) is 0 Å². The third-order valence-corrected chi connectivity index (χ3v) is 2.93. The Kier molecular flexibility index (Phi) is 2.88. The molecule has 0 atom stereocenters. The number of urea groups is 1. The van der Waals surface area contributed by atoms with E-state index in [1.807, 2.05) is 44.2 Å². The average molecular weight is 232 g/mol. The van der Waals surface area contributed by atoms with E-state index in [0.717, 1.165) is 5.56 Å². The van der Waals surface area contributed by atoms with Crippen LogP contribution in [0.15, 0.2) is 30.3 Å². The second-order valence-electron chi connectivity index (χ2n) is 4.92. The van der Waals surface area contributed by atoms with Crippen LogP contribution >= 0.6 is 0 Å². The summed E-state index contributed by atoms with van der Waals surface area (Å²) in [6.07, 6.45) is 0. The number of hydrogen-bond acceptors (Lipinski definition) is 2. The molecule has 1 aromatic rings. The average Bonchev–Trinajstić information content (AvgIpc) is 2.32. The van der Waals surface area contributed by atoms with Crippen LogP contribution in [0.5, 0.6) is 0 Å². The van der Waals surface area contributed by atoms with Crippen molar-refractivity contribution in [3.63, 3.8) is 0 Å².